The Hall–Kier alpha value is -1.18. The van der Waals surface area contributed by atoms with Crippen LogP contribution in [0.4, 0.5) is 4.39 Å². The molecule has 0 saturated carbocycles. The normalized spacial score (nSPS) is 11.4. The molecule has 0 radical (unpaired) electrons. The molecule has 1 amide bonds. The van der Waals surface area contributed by atoms with Crippen molar-refractivity contribution < 1.29 is 17.6 Å². The summed E-state index contributed by atoms with van der Waals surface area (Å²) in [5.41, 5.74) is -0.403. The van der Waals surface area contributed by atoms with Crippen molar-refractivity contribution in [2.45, 2.75) is 18.7 Å². The molecule has 0 saturated heterocycles. The Bertz CT molecular complexity index is 600. The molecule has 0 aromatic heterocycles. The molecule has 0 unspecified atom stereocenters. The molecule has 0 aliphatic rings. The van der Waals surface area contributed by atoms with Crippen LogP contribution in [0, 0.1) is 5.82 Å². The molecule has 0 aliphatic carbocycles. The first-order valence-corrected chi connectivity index (χ1v) is 7.45. The van der Waals surface area contributed by atoms with Gasteiger partial charge in [0.15, 0.2) is 5.82 Å². The zero-order valence-electron chi connectivity index (χ0n) is 10.5. The van der Waals surface area contributed by atoms with E-state index in [1.807, 2.05) is 0 Å². The van der Waals surface area contributed by atoms with Gasteiger partial charge in [-0.15, -0.1) is 0 Å². The van der Waals surface area contributed by atoms with Crippen LogP contribution in [0.5, 0.6) is 0 Å². The summed E-state index contributed by atoms with van der Waals surface area (Å²) in [6, 6.07) is 1.97. The Balaban J connectivity index is 3.46. The average Bonchev–Trinajstić information content (AvgIpc) is 2.31. The molecule has 1 rings (SSSR count). The maximum absolute atomic E-state index is 14.1. The monoisotopic (exact) mass is 308 g/mol. The molecule has 0 heterocycles. The summed E-state index contributed by atoms with van der Waals surface area (Å²) >= 11 is 5.71. The van der Waals surface area contributed by atoms with Gasteiger partial charge in [-0.25, -0.2) is 17.9 Å². The topological polar surface area (TPSA) is 80.5 Å². The maximum Gasteiger partial charge on any atom is 0.256 e. The van der Waals surface area contributed by atoms with Crippen molar-refractivity contribution in [1.29, 1.82) is 0 Å². The summed E-state index contributed by atoms with van der Waals surface area (Å²) < 4.78 is 36.6. The molecule has 0 bridgehead atoms. The molecule has 0 aliphatic heterocycles. The molecule has 0 spiro atoms. The standard InChI is InChI=1S/C11H14ClFN2O3S/c1-3-15(4-2)11(16)8-5-7(12)6-9(10(8)13)19(14,17)18/h5-6H,3-4H2,1-2H3,(H2,14,17,18). The van der Waals surface area contributed by atoms with E-state index in [2.05, 4.69) is 0 Å². The summed E-state index contributed by atoms with van der Waals surface area (Å²) in [6.07, 6.45) is 0. The van der Waals surface area contributed by atoms with Gasteiger partial charge in [0.2, 0.25) is 10.0 Å². The van der Waals surface area contributed by atoms with E-state index in [4.69, 9.17) is 16.7 Å². The quantitative estimate of drug-likeness (QED) is 0.917. The molecular formula is C11H14ClFN2O3S. The third-order valence-electron chi connectivity index (χ3n) is 2.59. The average molecular weight is 309 g/mol. The second-order valence-corrected chi connectivity index (χ2v) is 5.75. The van der Waals surface area contributed by atoms with Crippen molar-refractivity contribution in [3.05, 3.63) is 28.5 Å². The highest BCUT2D eigenvalue weighted by Gasteiger charge is 2.24. The lowest BCUT2D eigenvalue weighted by atomic mass is 10.2. The fraction of sp³-hybridized carbons (Fsp3) is 0.364. The third kappa shape index (κ3) is 3.43. The maximum atomic E-state index is 14.1. The van der Waals surface area contributed by atoms with Gasteiger partial charge in [-0.05, 0) is 26.0 Å². The Morgan fingerprint density at radius 2 is 1.89 bits per heavy atom. The van der Waals surface area contributed by atoms with E-state index in [1.165, 1.54) is 4.90 Å². The predicted molar refractivity (Wildman–Crippen MR) is 70.0 cm³/mol. The van der Waals surface area contributed by atoms with Crippen LogP contribution in [0.2, 0.25) is 5.02 Å². The van der Waals surface area contributed by atoms with Gasteiger partial charge >= 0.3 is 0 Å². The van der Waals surface area contributed by atoms with Gasteiger partial charge in [0, 0.05) is 18.1 Å². The number of hydrogen-bond acceptors (Lipinski definition) is 3. The highest BCUT2D eigenvalue weighted by Crippen LogP contribution is 2.24. The van der Waals surface area contributed by atoms with E-state index in [0.29, 0.717) is 13.1 Å². The van der Waals surface area contributed by atoms with E-state index in [9.17, 15) is 17.6 Å². The number of nitrogens with zero attached hydrogens (tertiary/aromatic N) is 1. The van der Waals surface area contributed by atoms with E-state index >= 15 is 0 Å². The minimum absolute atomic E-state index is 0.0686. The number of rotatable bonds is 4. The van der Waals surface area contributed by atoms with Crippen LogP contribution in [0.1, 0.15) is 24.2 Å². The Kier molecular flexibility index (Phi) is 4.89. The van der Waals surface area contributed by atoms with Crippen molar-refractivity contribution in [3.8, 4) is 0 Å². The molecule has 19 heavy (non-hydrogen) atoms. The summed E-state index contributed by atoms with van der Waals surface area (Å²) in [6.45, 7) is 4.19. The van der Waals surface area contributed by atoms with Gasteiger partial charge in [-0.3, -0.25) is 4.79 Å². The first-order chi connectivity index (χ1) is 8.72. The van der Waals surface area contributed by atoms with Crippen molar-refractivity contribution >= 4 is 27.5 Å². The second kappa shape index (κ2) is 5.85. The zero-order chi connectivity index (χ0) is 14.8. The summed E-state index contributed by atoms with van der Waals surface area (Å²) in [5.74, 6) is -1.81. The molecule has 0 fully saturated rings. The summed E-state index contributed by atoms with van der Waals surface area (Å²) in [4.78, 5) is 12.6. The molecule has 0 atom stereocenters. The van der Waals surface area contributed by atoms with Gasteiger partial charge in [-0.2, -0.15) is 0 Å². The van der Waals surface area contributed by atoms with Gasteiger partial charge in [0.1, 0.15) is 4.90 Å². The summed E-state index contributed by atoms with van der Waals surface area (Å²) in [7, 11) is -4.28. The number of hydrogen-bond donors (Lipinski definition) is 1. The zero-order valence-corrected chi connectivity index (χ0v) is 12.1. The van der Waals surface area contributed by atoms with Crippen LogP contribution in [0.3, 0.4) is 0 Å². The van der Waals surface area contributed by atoms with E-state index in [1.54, 1.807) is 13.8 Å². The summed E-state index contributed by atoms with van der Waals surface area (Å²) in [5, 5.41) is 4.82. The Morgan fingerprint density at radius 3 is 2.32 bits per heavy atom. The SMILES string of the molecule is CCN(CC)C(=O)c1cc(Cl)cc(S(N)(=O)=O)c1F. The lowest BCUT2D eigenvalue weighted by molar-refractivity contribution is 0.0767. The number of benzene rings is 1. The van der Waals surface area contributed by atoms with E-state index < -0.39 is 32.2 Å². The van der Waals surface area contributed by atoms with Gasteiger partial charge in [0.25, 0.3) is 5.91 Å². The predicted octanol–water partition coefficient (Wildman–Crippen LogP) is 1.61. The van der Waals surface area contributed by atoms with Crippen LogP contribution < -0.4 is 5.14 Å². The van der Waals surface area contributed by atoms with Crippen LogP contribution in [0.25, 0.3) is 0 Å². The smallest absolute Gasteiger partial charge is 0.256 e. The molecule has 1 aromatic rings. The number of carbonyl (C=O) groups is 1. The number of sulfonamides is 1. The molecule has 1 aromatic carbocycles. The van der Waals surface area contributed by atoms with E-state index in [-0.39, 0.29) is 5.02 Å². The molecule has 8 heteroatoms. The lowest BCUT2D eigenvalue weighted by Gasteiger charge is -2.19. The largest absolute Gasteiger partial charge is 0.339 e. The lowest BCUT2D eigenvalue weighted by Crippen LogP contribution is -2.31. The Labute approximate surface area is 116 Å². The third-order valence-corrected chi connectivity index (χ3v) is 3.72. The Morgan fingerprint density at radius 1 is 1.37 bits per heavy atom. The number of amides is 1. The molecule has 5 nitrogen and oxygen atoms in total. The first-order valence-electron chi connectivity index (χ1n) is 5.53. The van der Waals surface area contributed by atoms with Crippen molar-refractivity contribution in [2.24, 2.45) is 5.14 Å². The second-order valence-electron chi connectivity index (χ2n) is 3.79. The molecule has 2 N–H and O–H groups in total. The van der Waals surface area contributed by atoms with Gasteiger partial charge in [0.05, 0.1) is 5.56 Å². The van der Waals surface area contributed by atoms with Crippen LogP contribution in [-0.4, -0.2) is 32.3 Å². The van der Waals surface area contributed by atoms with Crippen molar-refractivity contribution in [2.75, 3.05) is 13.1 Å². The first kappa shape index (κ1) is 15.9. The number of carbonyl (C=O) groups excluding carboxylic acids is 1. The fourth-order valence-electron chi connectivity index (χ4n) is 1.61. The molecular weight excluding hydrogens is 295 g/mol. The van der Waals surface area contributed by atoms with Gasteiger partial charge < -0.3 is 4.90 Å². The number of nitrogens with two attached hydrogens (primary N) is 1. The fourth-order valence-corrected chi connectivity index (χ4v) is 2.54. The molecule has 106 valence electrons. The minimum Gasteiger partial charge on any atom is -0.339 e. The number of halogens is 2. The van der Waals surface area contributed by atoms with Gasteiger partial charge in [-0.1, -0.05) is 11.6 Å². The van der Waals surface area contributed by atoms with Crippen molar-refractivity contribution in [1.82, 2.24) is 4.90 Å². The van der Waals surface area contributed by atoms with Crippen LogP contribution in [-0.2, 0) is 10.0 Å². The minimum atomic E-state index is -4.28. The van der Waals surface area contributed by atoms with Crippen LogP contribution in [0.15, 0.2) is 17.0 Å². The number of primary sulfonamides is 1. The van der Waals surface area contributed by atoms with Crippen LogP contribution >= 0.6 is 11.6 Å². The highest BCUT2D eigenvalue weighted by atomic mass is 35.5. The highest BCUT2D eigenvalue weighted by molar-refractivity contribution is 7.89. The van der Waals surface area contributed by atoms with E-state index in [0.717, 1.165) is 12.1 Å². The van der Waals surface area contributed by atoms with Crippen molar-refractivity contribution in [3.63, 3.8) is 0 Å².